The average Bonchev–Trinajstić information content (AvgIpc) is 2.98. The molecule has 1 aromatic heterocycles. The summed E-state index contributed by atoms with van der Waals surface area (Å²) in [5.41, 5.74) is 0.827. The minimum absolute atomic E-state index is 0.0162. The predicted octanol–water partition coefficient (Wildman–Crippen LogP) is 0.787. The molecule has 1 heterocycles. The molecule has 0 aliphatic carbocycles. The van der Waals surface area contributed by atoms with Crippen molar-refractivity contribution in [2.45, 2.75) is 5.16 Å². The number of nitrogens with one attached hydrogen (secondary N) is 1. The Balaban J connectivity index is 2.00. The molecule has 2 rings (SSSR count). The highest BCUT2D eigenvalue weighted by molar-refractivity contribution is 7.99. The third kappa shape index (κ3) is 4.72. The summed E-state index contributed by atoms with van der Waals surface area (Å²) in [6.07, 6.45) is 0. The van der Waals surface area contributed by atoms with Crippen LogP contribution < -0.4 is 10.1 Å². The van der Waals surface area contributed by atoms with Crippen LogP contribution in [-0.4, -0.2) is 65.0 Å². The van der Waals surface area contributed by atoms with Gasteiger partial charge in [0.2, 0.25) is 11.8 Å². The molecule has 0 spiro atoms. The van der Waals surface area contributed by atoms with Crippen LogP contribution in [0.3, 0.4) is 0 Å². The maximum Gasteiger partial charge on any atom is 0.241 e. The van der Waals surface area contributed by atoms with Crippen molar-refractivity contribution in [1.82, 2.24) is 25.0 Å². The van der Waals surface area contributed by atoms with Gasteiger partial charge >= 0.3 is 0 Å². The molecule has 2 aromatic rings. The Kier molecular flexibility index (Phi) is 6.40. The van der Waals surface area contributed by atoms with E-state index in [1.165, 1.54) is 16.7 Å². The lowest BCUT2D eigenvalue weighted by molar-refractivity contribution is -0.130. The van der Waals surface area contributed by atoms with Crippen molar-refractivity contribution in [2.75, 3.05) is 33.5 Å². The number of ether oxygens (including phenoxy) is 1. The zero-order valence-electron chi connectivity index (χ0n) is 14.6. The number of benzene rings is 1. The fraction of sp³-hybridized carbons (Fsp3) is 0.375. The van der Waals surface area contributed by atoms with Crippen LogP contribution in [-0.2, 0) is 16.6 Å². The van der Waals surface area contributed by atoms with Crippen molar-refractivity contribution in [3.8, 4) is 17.1 Å². The molecule has 0 fully saturated rings. The third-order valence-electron chi connectivity index (χ3n) is 3.45. The Morgan fingerprint density at radius 1 is 1.28 bits per heavy atom. The van der Waals surface area contributed by atoms with Crippen LogP contribution in [0.2, 0.25) is 0 Å². The van der Waals surface area contributed by atoms with Crippen molar-refractivity contribution in [2.24, 2.45) is 7.05 Å². The zero-order valence-corrected chi connectivity index (χ0v) is 15.5. The zero-order chi connectivity index (χ0) is 18.4. The number of likely N-dealkylation sites (N-methyl/N-ethyl adjacent to an activating group) is 1. The summed E-state index contributed by atoms with van der Waals surface area (Å²) in [6, 6.07) is 7.53. The molecule has 0 aliphatic rings. The van der Waals surface area contributed by atoms with Gasteiger partial charge in [0.05, 0.1) is 25.0 Å². The van der Waals surface area contributed by atoms with E-state index < -0.39 is 0 Å². The van der Waals surface area contributed by atoms with Gasteiger partial charge in [-0.25, -0.2) is 0 Å². The number of hydrogen-bond acceptors (Lipinski definition) is 6. The normalized spacial score (nSPS) is 10.4. The Labute approximate surface area is 150 Å². The molecule has 0 bridgehead atoms. The largest absolute Gasteiger partial charge is 0.496 e. The number of nitrogens with zero attached hydrogens (tertiary/aromatic N) is 4. The maximum absolute atomic E-state index is 11.9. The minimum atomic E-state index is -0.234. The quantitative estimate of drug-likeness (QED) is 0.732. The van der Waals surface area contributed by atoms with E-state index in [1.54, 1.807) is 25.8 Å². The van der Waals surface area contributed by atoms with Crippen LogP contribution >= 0.6 is 11.8 Å². The lowest BCUT2D eigenvalue weighted by Crippen LogP contribution is -2.37. The van der Waals surface area contributed by atoms with Gasteiger partial charge in [-0.2, -0.15) is 0 Å². The first-order valence-corrected chi connectivity index (χ1v) is 8.55. The third-order valence-corrected chi connectivity index (χ3v) is 4.47. The van der Waals surface area contributed by atoms with Gasteiger partial charge in [-0.05, 0) is 12.1 Å². The highest BCUT2D eigenvalue weighted by atomic mass is 32.2. The molecular weight excluding hydrogens is 342 g/mol. The van der Waals surface area contributed by atoms with Gasteiger partial charge in [0.1, 0.15) is 5.75 Å². The molecule has 8 nitrogen and oxygen atoms in total. The lowest BCUT2D eigenvalue weighted by Gasteiger charge is -2.10. The second kappa shape index (κ2) is 8.52. The van der Waals surface area contributed by atoms with E-state index in [2.05, 4.69) is 15.5 Å². The highest BCUT2D eigenvalue weighted by Crippen LogP contribution is 2.29. The number of hydrogen-bond donors (Lipinski definition) is 1. The van der Waals surface area contributed by atoms with E-state index >= 15 is 0 Å². The van der Waals surface area contributed by atoms with Crippen molar-refractivity contribution >= 4 is 23.6 Å². The summed E-state index contributed by atoms with van der Waals surface area (Å²) < 4.78 is 7.15. The van der Waals surface area contributed by atoms with Crippen LogP contribution in [0.4, 0.5) is 0 Å². The molecule has 1 N–H and O–H groups in total. The molecule has 1 aromatic carbocycles. The van der Waals surface area contributed by atoms with E-state index in [9.17, 15) is 9.59 Å². The first-order valence-electron chi connectivity index (χ1n) is 7.56. The number of carbonyl (C=O) groups excluding carboxylic acids is 2. The molecule has 0 saturated heterocycles. The first-order chi connectivity index (χ1) is 11.9. The number of thioether (sulfide) groups is 1. The van der Waals surface area contributed by atoms with Gasteiger partial charge in [-0.3, -0.25) is 9.59 Å². The smallest absolute Gasteiger partial charge is 0.241 e. The van der Waals surface area contributed by atoms with Gasteiger partial charge in [0.25, 0.3) is 0 Å². The summed E-state index contributed by atoms with van der Waals surface area (Å²) >= 11 is 1.26. The molecule has 0 radical (unpaired) electrons. The Morgan fingerprint density at radius 3 is 2.68 bits per heavy atom. The molecule has 2 amide bonds. The summed E-state index contributed by atoms with van der Waals surface area (Å²) in [4.78, 5) is 24.7. The predicted molar refractivity (Wildman–Crippen MR) is 95.4 cm³/mol. The molecule has 134 valence electrons. The number of amides is 2. The van der Waals surface area contributed by atoms with E-state index in [0.717, 1.165) is 5.56 Å². The van der Waals surface area contributed by atoms with Gasteiger partial charge in [0, 0.05) is 21.1 Å². The lowest BCUT2D eigenvalue weighted by atomic mass is 10.2. The number of carbonyl (C=O) groups is 2. The van der Waals surface area contributed by atoms with Crippen molar-refractivity contribution in [3.05, 3.63) is 24.3 Å². The standard InChI is InChI=1S/C16H21N5O3S/c1-20(2)14(23)9-17-13(22)10-25-16-19-18-15(21(16)3)11-7-5-6-8-12(11)24-4/h5-8H,9-10H2,1-4H3,(H,17,22). The Morgan fingerprint density at radius 2 is 2.00 bits per heavy atom. The minimum Gasteiger partial charge on any atom is -0.496 e. The fourth-order valence-electron chi connectivity index (χ4n) is 2.02. The monoisotopic (exact) mass is 363 g/mol. The van der Waals surface area contributed by atoms with Crippen LogP contribution in [0.1, 0.15) is 0 Å². The maximum atomic E-state index is 11.9. The molecule has 25 heavy (non-hydrogen) atoms. The van der Waals surface area contributed by atoms with Crippen LogP contribution in [0.15, 0.2) is 29.4 Å². The molecule has 0 saturated carbocycles. The summed E-state index contributed by atoms with van der Waals surface area (Å²) in [5, 5.41) is 11.5. The number of aromatic nitrogens is 3. The topological polar surface area (TPSA) is 89.3 Å². The second-order valence-electron chi connectivity index (χ2n) is 5.42. The van der Waals surface area contributed by atoms with E-state index in [4.69, 9.17) is 4.74 Å². The molecular formula is C16H21N5O3S. The Bertz CT molecular complexity index is 760. The van der Waals surface area contributed by atoms with Gasteiger partial charge < -0.3 is 19.5 Å². The average molecular weight is 363 g/mol. The fourth-order valence-corrected chi connectivity index (χ4v) is 2.76. The SMILES string of the molecule is COc1ccccc1-c1nnc(SCC(=O)NCC(=O)N(C)C)n1C. The number of rotatable bonds is 7. The van der Waals surface area contributed by atoms with Gasteiger partial charge in [-0.1, -0.05) is 23.9 Å². The molecule has 0 aliphatic heterocycles. The summed E-state index contributed by atoms with van der Waals surface area (Å²) in [7, 11) is 6.71. The molecule has 0 unspecified atom stereocenters. The number of para-hydroxylation sites is 1. The van der Waals surface area contributed by atoms with Gasteiger partial charge in [-0.15, -0.1) is 10.2 Å². The highest BCUT2D eigenvalue weighted by Gasteiger charge is 2.16. The first kappa shape index (κ1) is 18.8. The molecule has 0 atom stereocenters. The van der Waals surface area contributed by atoms with Crippen molar-refractivity contribution < 1.29 is 14.3 Å². The second-order valence-corrected chi connectivity index (χ2v) is 6.36. The van der Waals surface area contributed by atoms with E-state index in [1.807, 2.05) is 31.3 Å². The van der Waals surface area contributed by atoms with Crippen LogP contribution in [0.25, 0.3) is 11.4 Å². The summed E-state index contributed by atoms with van der Waals surface area (Å²) in [6.45, 7) is -0.0162. The van der Waals surface area contributed by atoms with Crippen LogP contribution in [0.5, 0.6) is 5.75 Å². The number of methoxy groups -OCH3 is 1. The van der Waals surface area contributed by atoms with Crippen LogP contribution in [0, 0.1) is 0 Å². The molecule has 9 heteroatoms. The van der Waals surface area contributed by atoms with Gasteiger partial charge in [0.15, 0.2) is 11.0 Å². The van der Waals surface area contributed by atoms with Crippen molar-refractivity contribution in [3.63, 3.8) is 0 Å². The summed E-state index contributed by atoms with van der Waals surface area (Å²) in [5.74, 6) is 1.12. The van der Waals surface area contributed by atoms with E-state index in [-0.39, 0.29) is 24.1 Å². The van der Waals surface area contributed by atoms with E-state index in [0.29, 0.717) is 16.7 Å². The van der Waals surface area contributed by atoms with Crippen molar-refractivity contribution in [1.29, 1.82) is 0 Å². The Hall–Kier alpha value is -2.55.